The standard InChI is InChI=1S/C22H32N2O3/c1-25-14-15-26-17-27-22(21(24)16-19-10-6-3-7-11-19)20(23)13-12-18-8-4-2-5-9-18/h2-11,20-22H,12-17,23-24H2,1H3/t20-,21-,22-/m1/s1. The van der Waals surface area contributed by atoms with Crippen LogP contribution in [0.4, 0.5) is 0 Å². The Morgan fingerprint density at radius 1 is 0.815 bits per heavy atom. The van der Waals surface area contributed by atoms with Gasteiger partial charge in [0.25, 0.3) is 0 Å². The highest BCUT2D eigenvalue weighted by Crippen LogP contribution is 2.14. The number of ether oxygens (including phenoxy) is 3. The molecule has 0 aromatic heterocycles. The van der Waals surface area contributed by atoms with E-state index >= 15 is 0 Å². The minimum atomic E-state index is -0.281. The summed E-state index contributed by atoms with van der Waals surface area (Å²) in [5.74, 6) is 0. The zero-order valence-corrected chi connectivity index (χ0v) is 16.1. The van der Waals surface area contributed by atoms with Gasteiger partial charge >= 0.3 is 0 Å². The molecule has 0 fully saturated rings. The first-order valence-electron chi connectivity index (χ1n) is 9.48. The first-order chi connectivity index (χ1) is 13.2. The van der Waals surface area contributed by atoms with Crippen LogP contribution in [-0.4, -0.2) is 45.3 Å². The Balaban J connectivity index is 1.92. The lowest BCUT2D eigenvalue weighted by atomic mass is 9.93. The summed E-state index contributed by atoms with van der Waals surface area (Å²) < 4.78 is 16.4. The van der Waals surface area contributed by atoms with Gasteiger partial charge in [-0.1, -0.05) is 60.7 Å². The van der Waals surface area contributed by atoms with Crippen LogP contribution in [0.5, 0.6) is 0 Å². The molecule has 0 aliphatic rings. The fraction of sp³-hybridized carbons (Fsp3) is 0.455. The molecule has 5 heteroatoms. The highest BCUT2D eigenvalue weighted by atomic mass is 16.7. The fourth-order valence-electron chi connectivity index (χ4n) is 3.04. The molecule has 0 spiro atoms. The van der Waals surface area contributed by atoms with Crippen molar-refractivity contribution in [3.05, 3.63) is 71.8 Å². The van der Waals surface area contributed by atoms with Gasteiger partial charge in [-0.05, 0) is 30.4 Å². The van der Waals surface area contributed by atoms with Crippen LogP contribution in [0.2, 0.25) is 0 Å². The van der Waals surface area contributed by atoms with Crippen molar-refractivity contribution < 1.29 is 14.2 Å². The summed E-state index contributed by atoms with van der Waals surface area (Å²) >= 11 is 0. The molecule has 0 unspecified atom stereocenters. The molecule has 0 bridgehead atoms. The Kier molecular flexibility index (Phi) is 10.0. The van der Waals surface area contributed by atoms with E-state index in [0.29, 0.717) is 19.6 Å². The average Bonchev–Trinajstić information content (AvgIpc) is 2.70. The fourth-order valence-corrected chi connectivity index (χ4v) is 3.04. The number of hydrogen-bond acceptors (Lipinski definition) is 5. The van der Waals surface area contributed by atoms with Crippen molar-refractivity contribution in [3.63, 3.8) is 0 Å². The second-order valence-corrected chi connectivity index (χ2v) is 6.69. The van der Waals surface area contributed by atoms with Crippen LogP contribution in [0, 0.1) is 0 Å². The molecule has 3 atom stereocenters. The summed E-state index contributed by atoms with van der Waals surface area (Å²) in [6.07, 6.45) is 2.12. The first-order valence-corrected chi connectivity index (χ1v) is 9.48. The van der Waals surface area contributed by atoms with E-state index in [9.17, 15) is 0 Å². The van der Waals surface area contributed by atoms with Crippen molar-refractivity contribution in [3.8, 4) is 0 Å². The van der Waals surface area contributed by atoms with Crippen LogP contribution in [-0.2, 0) is 27.1 Å². The van der Waals surface area contributed by atoms with Gasteiger partial charge in [0.15, 0.2) is 0 Å². The number of rotatable bonds is 13. The van der Waals surface area contributed by atoms with Crippen LogP contribution >= 0.6 is 0 Å². The molecule has 0 saturated carbocycles. The first kappa shape index (κ1) is 21.5. The quantitative estimate of drug-likeness (QED) is 0.417. The lowest BCUT2D eigenvalue weighted by molar-refractivity contribution is -0.110. The van der Waals surface area contributed by atoms with Gasteiger partial charge in [-0.25, -0.2) is 0 Å². The van der Waals surface area contributed by atoms with Crippen LogP contribution in [0.1, 0.15) is 17.5 Å². The highest BCUT2D eigenvalue weighted by Gasteiger charge is 2.26. The SMILES string of the molecule is COCCOCO[C@H]([C@H](N)CCc1ccccc1)[C@H](N)Cc1ccccc1. The van der Waals surface area contributed by atoms with E-state index in [1.165, 1.54) is 11.1 Å². The van der Waals surface area contributed by atoms with E-state index in [2.05, 4.69) is 24.3 Å². The van der Waals surface area contributed by atoms with Crippen molar-refractivity contribution in [2.24, 2.45) is 11.5 Å². The smallest absolute Gasteiger partial charge is 0.147 e. The normalized spacial score (nSPS) is 14.6. The molecule has 148 valence electrons. The Labute approximate surface area is 162 Å². The van der Waals surface area contributed by atoms with Gasteiger partial charge in [-0.2, -0.15) is 0 Å². The second-order valence-electron chi connectivity index (χ2n) is 6.69. The number of hydrogen-bond donors (Lipinski definition) is 2. The van der Waals surface area contributed by atoms with Crippen LogP contribution in [0.15, 0.2) is 60.7 Å². The van der Waals surface area contributed by atoms with Gasteiger partial charge in [0.1, 0.15) is 6.79 Å². The van der Waals surface area contributed by atoms with Gasteiger partial charge in [0.2, 0.25) is 0 Å². The number of benzene rings is 2. The highest BCUT2D eigenvalue weighted by molar-refractivity contribution is 5.17. The summed E-state index contributed by atoms with van der Waals surface area (Å²) in [4.78, 5) is 0. The lowest BCUT2D eigenvalue weighted by Gasteiger charge is -2.29. The van der Waals surface area contributed by atoms with E-state index in [1.54, 1.807) is 7.11 Å². The predicted molar refractivity (Wildman–Crippen MR) is 108 cm³/mol. The monoisotopic (exact) mass is 372 g/mol. The van der Waals surface area contributed by atoms with E-state index in [4.69, 9.17) is 25.7 Å². The van der Waals surface area contributed by atoms with Gasteiger partial charge in [-0.3, -0.25) is 0 Å². The van der Waals surface area contributed by atoms with Gasteiger partial charge in [0.05, 0.1) is 19.3 Å². The predicted octanol–water partition coefficient (Wildman–Crippen LogP) is 2.52. The number of aryl methyl sites for hydroxylation is 1. The molecule has 0 amide bonds. The molecule has 0 radical (unpaired) electrons. The van der Waals surface area contributed by atoms with Crippen LogP contribution in [0.3, 0.4) is 0 Å². The van der Waals surface area contributed by atoms with E-state index < -0.39 is 0 Å². The van der Waals surface area contributed by atoms with Crippen LogP contribution in [0.25, 0.3) is 0 Å². The van der Waals surface area contributed by atoms with Crippen molar-refractivity contribution in [2.75, 3.05) is 27.1 Å². The summed E-state index contributed by atoms with van der Waals surface area (Å²) in [5, 5.41) is 0. The largest absolute Gasteiger partial charge is 0.382 e. The third-order valence-electron chi connectivity index (χ3n) is 4.54. The molecule has 2 aromatic carbocycles. The van der Waals surface area contributed by atoms with E-state index in [0.717, 1.165) is 12.8 Å². The lowest BCUT2D eigenvalue weighted by Crippen LogP contribution is -2.50. The summed E-state index contributed by atoms with van der Waals surface area (Å²) in [6, 6.07) is 20.1. The Morgan fingerprint density at radius 3 is 2.07 bits per heavy atom. The minimum absolute atomic E-state index is 0.162. The Hall–Kier alpha value is -1.76. The van der Waals surface area contributed by atoms with Gasteiger partial charge < -0.3 is 25.7 Å². The molecule has 27 heavy (non-hydrogen) atoms. The molecule has 2 rings (SSSR count). The van der Waals surface area contributed by atoms with Crippen molar-refractivity contribution >= 4 is 0 Å². The van der Waals surface area contributed by atoms with Crippen molar-refractivity contribution in [2.45, 2.75) is 37.5 Å². The number of nitrogens with two attached hydrogens (primary N) is 2. The third kappa shape index (κ3) is 8.20. The maximum absolute atomic E-state index is 6.48. The summed E-state index contributed by atoms with van der Waals surface area (Å²) in [7, 11) is 1.64. The van der Waals surface area contributed by atoms with Crippen molar-refractivity contribution in [1.29, 1.82) is 0 Å². The second kappa shape index (κ2) is 12.6. The molecule has 0 aliphatic heterocycles. The van der Waals surface area contributed by atoms with Crippen molar-refractivity contribution in [1.82, 2.24) is 0 Å². The Morgan fingerprint density at radius 2 is 1.44 bits per heavy atom. The zero-order chi connectivity index (χ0) is 19.3. The van der Waals surface area contributed by atoms with E-state index in [-0.39, 0.29) is 25.0 Å². The molecular formula is C22H32N2O3. The van der Waals surface area contributed by atoms with Crippen LogP contribution < -0.4 is 11.5 Å². The van der Waals surface area contributed by atoms with E-state index in [1.807, 2.05) is 36.4 Å². The summed E-state index contributed by atoms with van der Waals surface area (Å²) in [5.41, 5.74) is 15.4. The molecular weight excluding hydrogens is 340 g/mol. The topological polar surface area (TPSA) is 79.7 Å². The summed E-state index contributed by atoms with van der Waals surface area (Å²) in [6.45, 7) is 1.18. The molecule has 4 N–H and O–H groups in total. The maximum Gasteiger partial charge on any atom is 0.147 e. The molecule has 5 nitrogen and oxygen atoms in total. The molecule has 0 heterocycles. The average molecular weight is 373 g/mol. The molecule has 0 aliphatic carbocycles. The van der Waals surface area contributed by atoms with Gasteiger partial charge in [0, 0.05) is 19.2 Å². The zero-order valence-electron chi connectivity index (χ0n) is 16.1. The molecule has 0 saturated heterocycles. The van der Waals surface area contributed by atoms with Gasteiger partial charge in [-0.15, -0.1) is 0 Å². The maximum atomic E-state index is 6.48. The number of methoxy groups -OCH3 is 1. The molecule has 2 aromatic rings. The minimum Gasteiger partial charge on any atom is -0.382 e. The Bertz CT molecular complexity index is 609. The third-order valence-corrected chi connectivity index (χ3v) is 4.54.